The molecule has 6 heteroatoms. The second-order valence-electron chi connectivity index (χ2n) is 6.07. The molecule has 0 aliphatic heterocycles. The van der Waals surface area contributed by atoms with Crippen LogP contribution in [0, 0.1) is 0 Å². The van der Waals surface area contributed by atoms with Crippen molar-refractivity contribution in [1.29, 1.82) is 0 Å². The summed E-state index contributed by atoms with van der Waals surface area (Å²) in [6, 6.07) is 22.4. The molecule has 138 valence electrons. The van der Waals surface area contributed by atoms with Crippen LogP contribution in [0.3, 0.4) is 0 Å². The summed E-state index contributed by atoms with van der Waals surface area (Å²) in [7, 11) is 0. The Hall–Kier alpha value is -3.93. The van der Waals surface area contributed by atoms with E-state index >= 15 is 0 Å². The molecule has 2 aromatic carbocycles. The molecule has 4 aromatic rings. The number of para-hydroxylation sites is 1. The van der Waals surface area contributed by atoms with Crippen molar-refractivity contribution in [2.45, 2.75) is 6.54 Å². The average Bonchev–Trinajstić information content (AvgIpc) is 3.28. The number of carbonyl (C=O) groups is 1. The molecule has 1 N–H and O–H groups in total. The zero-order chi connectivity index (χ0) is 19.2. The van der Waals surface area contributed by atoms with Crippen LogP contribution in [0.15, 0.2) is 91.4 Å². The van der Waals surface area contributed by atoms with E-state index in [1.165, 1.54) is 0 Å². The van der Waals surface area contributed by atoms with Crippen LogP contribution in [0.25, 0.3) is 5.69 Å². The number of benzene rings is 2. The van der Waals surface area contributed by atoms with Crippen LogP contribution in [0.5, 0.6) is 11.6 Å². The maximum atomic E-state index is 12.6. The van der Waals surface area contributed by atoms with E-state index in [-0.39, 0.29) is 11.8 Å². The highest BCUT2D eigenvalue weighted by Crippen LogP contribution is 2.22. The Labute approximate surface area is 162 Å². The Kier molecular flexibility index (Phi) is 5.11. The Morgan fingerprint density at radius 1 is 0.929 bits per heavy atom. The largest absolute Gasteiger partial charge is 0.438 e. The molecule has 2 aromatic heterocycles. The first kappa shape index (κ1) is 17.5. The Morgan fingerprint density at radius 2 is 1.75 bits per heavy atom. The van der Waals surface area contributed by atoms with Crippen LogP contribution in [-0.4, -0.2) is 20.7 Å². The van der Waals surface area contributed by atoms with Gasteiger partial charge >= 0.3 is 0 Å². The molecule has 0 fully saturated rings. The fourth-order valence-corrected chi connectivity index (χ4v) is 2.71. The predicted octanol–water partition coefficient (Wildman–Crippen LogP) is 3.99. The first-order valence-corrected chi connectivity index (χ1v) is 8.85. The van der Waals surface area contributed by atoms with E-state index in [4.69, 9.17) is 4.74 Å². The molecule has 1 amide bonds. The number of aromatic nitrogens is 3. The zero-order valence-electron chi connectivity index (χ0n) is 15.0. The van der Waals surface area contributed by atoms with Crippen LogP contribution in [-0.2, 0) is 6.54 Å². The van der Waals surface area contributed by atoms with Gasteiger partial charge in [-0.25, -0.2) is 9.67 Å². The highest BCUT2D eigenvalue weighted by atomic mass is 16.5. The van der Waals surface area contributed by atoms with Gasteiger partial charge in [0.1, 0.15) is 11.3 Å². The van der Waals surface area contributed by atoms with Crippen molar-refractivity contribution < 1.29 is 9.53 Å². The van der Waals surface area contributed by atoms with Crippen LogP contribution in [0.4, 0.5) is 0 Å². The minimum atomic E-state index is -0.241. The second kappa shape index (κ2) is 8.18. The summed E-state index contributed by atoms with van der Waals surface area (Å²) in [6.45, 7) is 0.401. The van der Waals surface area contributed by atoms with Crippen LogP contribution >= 0.6 is 0 Å². The molecule has 4 rings (SSSR count). The normalized spacial score (nSPS) is 10.4. The summed E-state index contributed by atoms with van der Waals surface area (Å²) >= 11 is 0. The maximum Gasteiger partial charge on any atom is 0.257 e. The Morgan fingerprint density at radius 3 is 2.50 bits per heavy atom. The lowest BCUT2D eigenvalue weighted by Gasteiger charge is -2.10. The Bertz CT molecular complexity index is 1050. The molecule has 0 saturated heterocycles. The van der Waals surface area contributed by atoms with Crippen molar-refractivity contribution in [2.75, 3.05) is 0 Å². The van der Waals surface area contributed by atoms with E-state index < -0.39 is 0 Å². The topological polar surface area (TPSA) is 69.0 Å². The van der Waals surface area contributed by atoms with Crippen molar-refractivity contribution in [1.82, 2.24) is 20.1 Å². The maximum absolute atomic E-state index is 12.6. The second-order valence-corrected chi connectivity index (χ2v) is 6.07. The zero-order valence-corrected chi connectivity index (χ0v) is 15.0. The highest BCUT2D eigenvalue weighted by Gasteiger charge is 2.14. The lowest BCUT2D eigenvalue weighted by molar-refractivity contribution is 0.0948. The molecule has 0 spiro atoms. The van der Waals surface area contributed by atoms with Gasteiger partial charge in [0.2, 0.25) is 5.88 Å². The van der Waals surface area contributed by atoms with E-state index in [9.17, 15) is 4.79 Å². The van der Waals surface area contributed by atoms with Gasteiger partial charge in [-0.3, -0.25) is 4.79 Å². The third-order valence-electron chi connectivity index (χ3n) is 4.13. The van der Waals surface area contributed by atoms with Gasteiger partial charge in [0.25, 0.3) is 5.91 Å². The van der Waals surface area contributed by atoms with E-state index in [0.717, 1.165) is 11.3 Å². The minimum absolute atomic E-state index is 0.241. The summed E-state index contributed by atoms with van der Waals surface area (Å²) in [5.74, 6) is 0.667. The van der Waals surface area contributed by atoms with Crippen molar-refractivity contribution in [3.05, 3.63) is 103 Å². The molecule has 28 heavy (non-hydrogen) atoms. The molecule has 6 nitrogen and oxygen atoms in total. The number of nitrogens with one attached hydrogen (secondary N) is 1. The molecule has 0 bridgehead atoms. The lowest BCUT2D eigenvalue weighted by Crippen LogP contribution is -2.23. The van der Waals surface area contributed by atoms with Gasteiger partial charge in [-0.15, -0.1) is 0 Å². The van der Waals surface area contributed by atoms with Gasteiger partial charge in [-0.05, 0) is 48.0 Å². The third-order valence-corrected chi connectivity index (χ3v) is 4.13. The lowest BCUT2D eigenvalue weighted by atomic mass is 10.2. The van der Waals surface area contributed by atoms with E-state index in [1.807, 2.05) is 66.9 Å². The molecular weight excluding hydrogens is 352 g/mol. The summed E-state index contributed by atoms with van der Waals surface area (Å²) in [5.41, 5.74) is 2.34. The quantitative estimate of drug-likeness (QED) is 0.557. The van der Waals surface area contributed by atoms with Gasteiger partial charge in [0, 0.05) is 25.1 Å². The van der Waals surface area contributed by atoms with Gasteiger partial charge in [-0.2, -0.15) is 5.10 Å². The van der Waals surface area contributed by atoms with Crippen molar-refractivity contribution in [3.63, 3.8) is 0 Å². The van der Waals surface area contributed by atoms with Crippen LogP contribution < -0.4 is 10.1 Å². The highest BCUT2D eigenvalue weighted by molar-refractivity contribution is 5.96. The molecule has 2 heterocycles. The van der Waals surface area contributed by atoms with E-state index in [1.54, 1.807) is 29.2 Å². The first-order valence-electron chi connectivity index (χ1n) is 8.85. The molecule has 0 aliphatic rings. The molecule has 0 radical (unpaired) electrons. The fourth-order valence-electron chi connectivity index (χ4n) is 2.71. The first-order chi connectivity index (χ1) is 13.8. The van der Waals surface area contributed by atoms with Crippen molar-refractivity contribution >= 4 is 5.91 Å². The molecule has 0 aliphatic carbocycles. The van der Waals surface area contributed by atoms with Crippen molar-refractivity contribution in [3.8, 4) is 17.3 Å². The summed E-state index contributed by atoms with van der Waals surface area (Å²) in [5, 5.41) is 7.11. The SMILES string of the molecule is O=C(NCc1ccc(-n2cccn2)cc1)c1cccnc1Oc1ccccc1. The number of amides is 1. The number of carbonyl (C=O) groups excluding carboxylic acids is 1. The van der Waals surface area contributed by atoms with Gasteiger partial charge < -0.3 is 10.1 Å². The standard InChI is InChI=1S/C22H18N4O2/c27-21(20-8-4-13-23-22(20)28-19-6-2-1-3-7-19)24-16-17-9-11-18(12-10-17)26-15-5-14-25-26/h1-15H,16H2,(H,24,27). The number of hydrogen-bond acceptors (Lipinski definition) is 4. The molecular formula is C22H18N4O2. The third kappa shape index (κ3) is 4.07. The molecule has 0 atom stereocenters. The number of ether oxygens (including phenoxy) is 1. The number of hydrogen-bond donors (Lipinski definition) is 1. The van der Waals surface area contributed by atoms with E-state index in [0.29, 0.717) is 17.9 Å². The smallest absolute Gasteiger partial charge is 0.257 e. The summed E-state index contributed by atoms with van der Waals surface area (Å²) in [6.07, 6.45) is 5.22. The van der Waals surface area contributed by atoms with Gasteiger partial charge in [0.15, 0.2) is 0 Å². The number of rotatable bonds is 6. The van der Waals surface area contributed by atoms with Crippen molar-refractivity contribution in [2.24, 2.45) is 0 Å². The monoisotopic (exact) mass is 370 g/mol. The summed E-state index contributed by atoms with van der Waals surface area (Å²) in [4.78, 5) is 16.8. The molecule has 0 unspecified atom stereocenters. The fraction of sp³-hybridized carbons (Fsp3) is 0.0455. The number of pyridine rings is 1. The summed E-state index contributed by atoms with van der Waals surface area (Å²) < 4.78 is 7.54. The number of nitrogens with zero attached hydrogens (tertiary/aromatic N) is 3. The van der Waals surface area contributed by atoms with E-state index in [2.05, 4.69) is 15.4 Å². The minimum Gasteiger partial charge on any atom is -0.438 e. The Balaban J connectivity index is 1.43. The average molecular weight is 370 g/mol. The predicted molar refractivity (Wildman–Crippen MR) is 105 cm³/mol. The molecule has 0 saturated carbocycles. The van der Waals surface area contributed by atoms with Crippen LogP contribution in [0.1, 0.15) is 15.9 Å². The van der Waals surface area contributed by atoms with Crippen LogP contribution in [0.2, 0.25) is 0 Å². The van der Waals surface area contributed by atoms with Gasteiger partial charge in [-0.1, -0.05) is 30.3 Å². The van der Waals surface area contributed by atoms with Gasteiger partial charge in [0.05, 0.1) is 5.69 Å².